The van der Waals surface area contributed by atoms with E-state index in [1.54, 1.807) is 0 Å². The molecule has 0 bridgehead atoms. The lowest BCUT2D eigenvalue weighted by Crippen LogP contribution is -2.30. The van der Waals surface area contributed by atoms with Crippen LogP contribution in [0, 0.1) is 0 Å². The predicted octanol–water partition coefficient (Wildman–Crippen LogP) is 1.48. The number of hydrogen-bond donors (Lipinski definition) is 0. The van der Waals surface area contributed by atoms with E-state index < -0.39 is 0 Å². The minimum absolute atomic E-state index is 0.178. The Labute approximate surface area is 115 Å². The molecule has 0 spiro atoms. The van der Waals surface area contributed by atoms with E-state index in [9.17, 15) is 0 Å². The molecule has 0 saturated carbocycles. The molecule has 2 aromatic rings. The third-order valence-corrected chi connectivity index (χ3v) is 3.48. The fourth-order valence-electron chi connectivity index (χ4n) is 2.40. The van der Waals surface area contributed by atoms with Crippen molar-refractivity contribution in [3.8, 4) is 5.95 Å². The molecule has 1 aliphatic rings. The normalized spacial score (nSPS) is 19.1. The third kappa shape index (κ3) is 2.37. The molecule has 1 aliphatic heterocycles. The summed E-state index contributed by atoms with van der Waals surface area (Å²) in [5.74, 6) is 1.02. The van der Waals surface area contributed by atoms with Crippen LogP contribution in [0.5, 0.6) is 0 Å². The molecule has 7 nitrogen and oxygen atoms in total. The smallest absolute Gasteiger partial charge is 0.258 e. The van der Waals surface area contributed by atoms with E-state index in [-0.39, 0.29) is 5.28 Å². The quantitative estimate of drug-likeness (QED) is 0.847. The summed E-state index contributed by atoms with van der Waals surface area (Å²) in [6.07, 6.45) is 6.36. The number of rotatable bonds is 3. The minimum Gasteiger partial charge on any atom is -0.338 e. The van der Waals surface area contributed by atoms with Crippen molar-refractivity contribution in [2.75, 3.05) is 11.4 Å². The van der Waals surface area contributed by atoms with Gasteiger partial charge in [-0.1, -0.05) is 6.92 Å². The Kier molecular flexibility index (Phi) is 3.29. The zero-order valence-corrected chi connectivity index (χ0v) is 11.3. The maximum absolute atomic E-state index is 5.99. The Morgan fingerprint density at radius 1 is 1.32 bits per heavy atom. The maximum atomic E-state index is 5.99. The van der Waals surface area contributed by atoms with Crippen LogP contribution in [-0.4, -0.2) is 42.3 Å². The number of aromatic nitrogens is 6. The fraction of sp³-hybridized carbons (Fsp3) is 0.545. The first-order chi connectivity index (χ1) is 9.28. The van der Waals surface area contributed by atoms with Crippen LogP contribution in [0.4, 0.5) is 5.95 Å². The van der Waals surface area contributed by atoms with E-state index in [4.69, 9.17) is 11.6 Å². The molecule has 1 saturated heterocycles. The van der Waals surface area contributed by atoms with Crippen molar-refractivity contribution in [3.05, 3.63) is 17.9 Å². The van der Waals surface area contributed by atoms with Crippen LogP contribution in [0.25, 0.3) is 5.95 Å². The van der Waals surface area contributed by atoms with Crippen LogP contribution >= 0.6 is 11.6 Å². The van der Waals surface area contributed by atoms with E-state index in [2.05, 4.69) is 36.9 Å². The van der Waals surface area contributed by atoms with Gasteiger partial charge in [-0.05, 0) is 30.9 Å². The summed E-state index contributed by atoms with van der Waals surface area (Å²) >= 11 is 5.99. The molecule has 0 amide bonds. The highest BCUT2D eigenvalue weighted by Crippen LogP contribution is 2.25. The van der Waals surface area contributed by atoms with Crippen LogP contribution in [0.1, 0.15) is 26.2 Å². The van der Waals surface area contributed by atoms with Crippen LogP contribution < -0.4 is 4.90 Å². The highest BCUT2D eigenvalue weighted by atomic mass is 35.5. The molecular weight excluding hydrogens is 266 g/mol. The topological polar surface area (TPSA) is 72.6 Å². The van der Waals surface area contributed by atoms with E-state index in [0.717, 1.165) is 19.4 Å². The molecule has 2 aromatic heterocycles. The van der Waals surface area contributed by atoms with Gasteiger partial charge in [-0.25, -0.2) is 4.98 Å². The Hall–Kier alpha value is -1.76. The van der Waals surface area contributed by atoms with Crippen molar-refractivity contribution in [2.45, 2.75) is 32.2 Å². The first kappa shape index (κ1) is 12.3. The molecule has 0 aliphatic carbocycles. The summed E-state index contributed by atoms with van der Waals surface area (Å²) < 4.78 is 1.48. The summed E-state index contributed by atoms with van der Waals surface area (Å²) in [4.78, 5) is 18.8. The van der Waals surface area contributed by atoms with Gasteiger partial charge in [0.1, 0.15) is 12.7 Å². The molecule has 1 atom stereocenters. The van der Waals surface area contributed by atoms with Gasteiger partial charge in [-0.3, -0.25) is 0 Å². The molecule has 3 heterocycles. The molecule has 0 N–H and O–H groups in total. The maximum Gasteiger partial charge on any atom is 0.258 e. The van der Waals surface area contributed by atoms with Crippen molar-refractivity contribution in [2.24, 2.45) is 0 Å². The van der Waals surface area contributed by atoms with E-state index >= 15 is 0 Å². The van der Waals surface area contributed by atoms with E-state index in [1.807, 2.05) is 0 Å². The molecular formula is C11H14ClN7. The largest absolute Gasteiger partial charge is 0.338 e. The summed E-state index contributed by atoms with van der Waals surface area (Å²) in [5, 5.41) is 4.19. The first-order valence-corrected chi connectivity index (χ1v) is 6.69. The average Bonchev–Trinajstić information content (AvgIpc) is 3.09. The number of nitrogens with zero attached hydrogens (tertiary/aromatic N) is 7. The second-order valence-corrected chi connectivity index (χ2v) is 4.78. The summed E-state index contributed by atoms with van der Waals surface area (Å²) in [6.45, 7) is 3.12. The van der Waals surface area contributed by atoms with Gasteiger partial charge in [0.2, 0.25) is 11.2 Å². The van der Waals surface area contributed by atoms with Crippen LogP contribution in [-0.2, 0) is 0 Å². The van der Waals surface area contributed by atoms with Crippen LogP contribution in [0.15, 0.2) is 12.7 Å². The van der Waals surface area contributed by atoms with Crippen LogP contribution in [0.2, 0.25) is 5.28 Å². The molecule has 3 rings (SSSR count). The van der Waals surface area contributed by atoms with E-state index in [1.165, 1.54) is 23.8 Å². The molecule has 1 fully saturated rings. The van der Waals surface area contributed by atoms with Crippen molar-refractivity contribution in [1.82, 2.24) is 29.7 Å². The second-order valence-electron chi connectivity index (χ2n) is 4.44. The van der Waals surface area contributed by atoms with Crippen molar-refractivity contribution in [1.29, 1.82) is 0 Å². The predicted molar refractivity (Wildman–Crippen MR) is 70.4 cm³/mol. The van der Waals surface area contributed by atoms with Crippen molar-refractivity contribution in [3.63, 3.8) is 0 Å². The molecule has 1 unspecified atom stereocenters. The Bertz CT molecular complexity index is 556. The second kappa shape index (κ2) is 5.08. The molecule has 19 heavy (non-hydrogen) atoms. The van der Waals surface area contributed by atoms with Gasteiger partial charge in [0.15, 0.2) is 0 Å². The summed E-state index contributed by atoms with van der Waals surface area (Å²) in [6, 6.07) is 0.474. The number of anilines is 1. The first-order valence-electron chi connectivity index (χ1n) is 6.31. The fourth-order valence-corrected chi connectivity index (χ4v) is 2.55. The zero-order valence-electron chi connectivity index (χ0n) is 10.6. The Morgan fingerprint density at radius 3 is 2.89 bits per heavy atom. The third-order valence-electron chi connectivity index (χ3n) is 3.31. The van der Waals surface area contributed by atoms with Gasteiger partial charge in [0, 0.05) is 12.6 Å². The van der Waals surface area contributed by atoms with Gasteiger partial charge in [0.05, 0.1) is 0 Å². The van der Waals surface area contributed by atoms with Crippen molar-refractivity contribution >= 4 is 17.5 Å². The van der Waals surface area contributed by atoms with Gasteiger partial charge in [-0.2, -0.15) is 24.7 Å². The standard InChI is InChI=1S/C11H14ClN7/c1-2-8-4-3-5-18(8)10-15-9(12)16-11(17-10)19-7-13-6-14-19/h6-8H,2-5H2,1H3. The Morgan fingerprint density at radius 2 is 2.16 bits per heavy atom. The van der Waals surface area contributed by atoms with Gasteiger partial charge >= 0.3 is 0 Å². The summed E-state index contributed by atoms with van der Waals surface area (Å²) in [7, 11) is 0. The summed E-state index contributed by atoms with van der Waals surface area (Å²) in [5.41, 5.74) is 0. The SMILES string of the molecule is CCC1CCCN1c1nc(Cl)nc(-n2cncn2)n1. The lowest BCUT2D eigenvalue weighted by Gasteiger charge is -2.23. The van der Waals surface area contributed by atoms with Gasteiger partial charge in [-0.15, -0.1) is 0 Å². The zero-order chi connectivity index (χ0) is 13.2. The average molecular weight is 280 g/mol. The Balaban J connectivity index is 1.98. The van der Waals surface area contributed by atoms with E-state index in [0.29, 0.717) is 17.9 Å². The molecule has 0 aromatic carbocycles. The van der Waals surface area contributed by atoms with Crippen molar-refractivity contribution < 1.29 is 0 Å². The monoisotopic (exact) mass is 279 g/mol. The van der Waals surface area contributed by atoms with Gasteiger partial charge in [0.25, 0.3) is 5.95 Å². The number of halogens is 1. The minimum atomic E-state index is 0.178. The lowest BCUT2D eigenvalue weighted by molar-refractivity contribution is 0.630. The molecule has 8 heteroatoms. The highest BCUT2D eigenvalue weighted by molar-refractivity contribution is 6.28. The lowest BCUT2D eigenvalue weighted by atomic mass is 10.2. The van der Waals surface area contributed by atoms with Gasteiger partial charge < -0.3 is 4.90 Å². The van der Waals surface area contributed by atoms with Crippen LogP contribution in [0.3, 0.4) is 0 Å². The highest BCUT2D eigenvalue weighted by Gasteiger charge is 2.26. The molecule has 100 valence electrons. The number of hydrogen-bond acceptors (Lipinski definition) is 6. The molecule has 0 radical (unpaired) electrons.